The van der Waals surface area contributed by atoms with Crippen molar-refractivity contribution in [2.75, 3.05) is 7.11 Å². The van der Waals surface area contributed by atoms with E-state index in [-0.39, 0.29) is 0 Å². The number of benzene rings is 2. The maximum Gasteiger partial charge on any atom is 0.276 e. The second-order valence-corrected chi connectivity index (χ2v) is 7.21. The molecule has 7 heteroatoms. The van der Waals surface area contributed by atoms with Gasteiger partial charge in [0, 0.05) is 11.3 Å². The molecule has 0 fully saturated rings. The van der Waals surface area contributed by atoms with E-state index in [1.54, 1.807) is 13.4 Å². The van der Waals surface area contributed by atoms with E-state index in [9.17, 15) is 0 Å². The van der Waals surface area contributed by atoms with Crippen LogP contribution in [0.2, 0.25) is 0 Å². The van der Waals surface area contributed by atoms with Gasteiger partial charge in [-0.25, -0.2) is 4.98 Å². The zero-order valence-corrected chi connectivity index (χ0v) is 16.4. The predicted molar refractivity (Wildman–Crippen MR) is 106 cm³/mol. The highest BCUT2D eigenvalue weighted by atomic mass is 32.2. The highest BCUT2D eigenvalue weighted by molar-refractivity contribution is 7.98. The molecule has 0 amide bonds. The van der Waals surface area contributed by atoms with Gasteiger partial charge in [0.05, 0.1) is 19.2 Å². The summed E-state index contributed by atoms with van der Waals surface area (Å²) in [6, 6.07) is 15.9. The second kappa shape index (κ2) is 8.31. The molecule has 28 heavy (non-hydrogen) atoms. The number of aryl methyl sites for hydroxylation is 1. The molecular weight excluding hydrogens is 374 g/mol. The summed E-state index contributed by atoms with van der Waals surface area (Å²) in [7, 11) is 1.65. The number of methoxy groups -OCH3 is 1. The molecule has 0 spiro atoms. The number of rotatable bonds is 7. The van der Waals surface area contributed by atoms with Crippen molar-refractivity contribution in [2.24, 2.45) is 0 Å². The van der Waals surface area contributed by atoms with E-state index in [4.69, 9.17) is 13.6 Å². The average molecular weight is 393 g/mol. The van der Waals surface area contributed by atoms with E-state index in [2.05, 4.69) is 22.1 Å². The van der Waals surface area contributed by atoms with E-state index in [1.807, 2.05) is 48.5 Å². The van der Waals surface area contributed by atoms with Crippen LogP contribution >= 0.6 is 11.8 Å². The third-order valence-electron chi connectivity index (χ3n) is 4.16. The lowest BCUT2D eigenvalue weighted by molar-refractivity contribution is 0.413. The van der Waals surface area contributed by atoms with Crippen molar-refractivity contribution in [3.63, 3.8) is 0 Å². The van der Waals surface area contributed by atoms with Gasteiger partial charge in [0.1, 0.15) is 12.0 Å². The molecule has 4 rings (SSSR count). The van der Waals surface area contributed by atoms with Crippen LogP contribution in [0.1, 0.15) is 22.7 Å². The lowest BCUT2D eigenvalue weighted by Gasteiger charge is -2.00. The Kier molecular flexibility index (Phi) is 5.43. The Hall–Kier alpha value is -3.06. The van der Waals surface area contributed by atoms with E-state index in [1.165, 1.54) is 17.3 Å². The Morgan fingerprint density at radius 3 is 2.54 bits per heavy atom. The van der Waals surface area contributed by atoms with Gasteiger partial charge in [-0.1, -0.05) is 41.6 Å². The van der Waals surface area contributed by atoms with E-state index in [0.29, 0.717) is 29.2 Å². The molecule has 0 aliphatic carbocycles. The Bertz CT molecular complexity index is 1040. The highest BCUT2D eigenvalue weighted by Crippen LogP contribution is 2.25. The topological polar surface area (TPSA) is 74.2 Å². The third kappa shape index (κ3) is 4.43. The summed E-state index contributed by atoms with van der Waals surface area (Å²) in [4.78, 5) is 4.53. The van der Waals surface area contributed by atoms with Crippen molar-refractivity contribution in [2.45, 2.75) is 24.3 Å². The molecule has 2 heterocycles. The first-order valence-corrected chi connectivity index (χ1v) is 9.78. The van der Waals surface area contributed by atoms with E-state index < -0.39 is 0 Å². The quantitative estimate of drug-likeness (QED) is 0.412. The van der Waals surface area contributed by atoms with Gasteiger partial charge in [-0.15, -0.1) is 10.2 Å². The zero-order chi connectivity index (χ0) is 19.3. The number of aromatic nitrogens is 3. The van der Waals surface area contributed by atoms with Gasteiger partial charge in [-0.2, -0.15) is 0 Å². The number of thioether (sulfide) groups is 1. The molecule has 0 saturated heterocycles. The molecule has 0 unspecified atom stereocenters. The second-order valence-electron chi connectivity index (χ2n) is 6.29. The molecule has 0 N–H and O–H groups in total. The van der Waals surface area contributed by atoms with Gasteiger partial charge in [-0.05, 0) is 36.8 Å². The number of oxazole rings is 1. The van der Waals surface area contributed by atoms with Crippen molar-refractivity contribution in [3.05, 3.63) is 77.5 Å². The third-order valence-corrected chi connectivity index (χ3v) is 5.01. The zero-order valence-electron chi connectivity index (χ0n) is 15.6. The minimum atomic E-state index is 0.517. The SMILES string of the molecule is COc1ccc(Cc2nnc(SCc3coc(-c4ccc(C)cc4)n3)o2)cc1. The van der Waals surface area contributed by atoms with Gasteiger partial charge in [0.25, 0.3) is 5.22 Å². The summed E-state index contributed by atoms with van der Waals surface area (Å²) in [5.74, 6) is 2.61. The molecule has 0 aliphatic heterocycles. The predicted octanol–water partition coefficient (Wildman–Crippen LogP) is 4.92. The fraction of sp³-hybridized carbons (Fsp3) is 0.190. The molecule has 0 saturated carbocycles. The van der Waals surface area contributed by atoms with Crippen LogP contribution in [0.15, 0.2) is 68.9 Å². The first-order chi connectivity index (χ1) is 13.7. The summed E-state index contributed by atoms with van der Waals surface area (Å²) >= 11 is 1.44. The first-order valence-electron chi connectivity index (χ1n) is 8.79. The van der Waals surface area contributed by atoms with Crippen molar-refractivity contribution >= 4 is 11.8 Å². The van der Waals surface area contributed by atoms with Crippen LogP contribution in [0.25, 0.3) is 11.5 Å². The molecule has 142 valence electrons. The van der Waals surface area contributed by atoms with Crippen LogP contribution in [0.4, 0.5) is 0 Å². The number of hydrogen-bond donors (Lipinski definition) is 0. The van der Waals surface area contributed by atoms with Gasteiger partial charge in [-0.3, -0.25) is 0 Å². The fourth-order valence-electron chi connectivity index (χ4n) is 2.62. The minimum Gasteiger partial charge on any atom is -0.497 e. The van der Waals surface area contributed by atoms with Gasteiger partial charge < -0.3 is 13.6 Å². The molecule has 0 aliphatic rings. The van der Waals surface area contributed by atoms with Crippen LogP contribution < -0.4 is 4.74 Å². The molecule has 2 aromatic carbocycles. The van der Waals surface area contributed by atoms with E-state index >= 15 is 0 Å². The van der Waals surface area contributed by atoms with Crippen LogP contribution in [0.5, 0.6) is 5.75 Å². The monoisotopic (exact) mass is 393 g/mol. The van der Waals surface area contributed by atoms with Gasteiger partial charge >= 0.3 is 0 Å². The normalized spacial score (nSPS) is 10.9. The Morgan fingerprint density at radius 1 is 1.00 bits per heavy atom. The summed E-state index contributed by atoms with van der Waals surface area (Å²) in [5, 5.41) is 8.73. The lowest BCUT2D eigenvalue weighted by Crippen LogP contribution is -1.89. The van der Waals surface area contributed by atoms with Crippen molar-refractivity contribution in [1.82, 2.24) is 15.2 Å². The Balaban J connectivity index is 1.35. The van der Waals surface area contributed by atoms with Crippen LogP contribution in [-0.4, -0.2) is 22.3 Å². The number of nitrogens with zero attached hydrogens (tertiary/aromatic N) is 3. The maximum absolute atomic E-state index is 5.72. The molecule has 6 nitrogen and oxygen atoms in total. The average Bonchev–Trinajstić information content (AvgIpc) is 3.37. The first kappa shape index (κ1) is 18.3. The minimum absolute atomic E-state index is 0.517. The van der Waals surface area contributed by atoms with Crippen LogP contribution in [0, 0.1) is 6.92 Å². The van der Waals surface area contributed by atoms with Crippen LogP contribution in [-0.2, 0) is 12.2 Å². The largest absolute Gasteiger partial charge is 0.497 e. The lowest BCUT2D eigenvalue weighted by atomic mass is 10.1. The van der Waals surface area contributed by atoms with Crippen molar-refractivity contribution in [3.8, 4) is 17.2 Å². The number of hydrogen-bond acceptors (Lipinski definition) is 7. The maximum atomic E-state index is 5.72. The van der Waals surface area contributed by atoms with Crippen molar-refractivity contribution < 1.29 is 13.6 Å². The molecule has 4 aromatic rings. The summed E-state index contributed by atoms with van der Waals surface area (Å²) in [5.41, 5.74) is 4.07. The molecular formula is C21H19N3O3S. The molecule has 2 aromatic heterocycles. The summed E-state index contributed by atoms with van der Waals surface area (Å²) in [6.07, 6.45) is 2.25. The Labute approximate surface area is 167 Å². The highest BCUT2D eigenvalue weighted by Gasteiger charge is 2.11. The Morgan fingerprint density at radius 2 is 1.79 bits per heavy atom. The van der Waals surface area contributed by atoms with Gasteiger partial charge in [0.15, 0.2) is 0 Å². The van der Waals surface area contributed by atoms with E-state index in [0.717, 1.165) is 22.6 Å². The summed E-state index contributed by atoms with van der Waals surface area (Å²) < 4.78 is 16.5. The standard InChI is InChI=1S/C21H19N3O3S/c1-14-3-7-16(8-4-14)20-22-17(12-26-20)13-28-21-24-23-19(27-21)11-15-5-9-18(25-2)10-6-15/h3-10,12H,11,13H2,1-2H3. The molecule has 0 atom stereocenters. The smallest absolute Gasteiger partial charge is 0.276 e. The van der Waals surface area contributed by atoms with Crippen LogP contribution in [0.3, 0.4) is 0 Å². The number of ether oxygens (including phenoxy) is 1. The molecule has 0 bridgehead atoms. The summed E-state index contributed by atoms with van der Waals surface area (Å²) in [6.45, 7) is 2.05. The van der Waals surface area contributed by atoms with Gasteiger partial charge in [0.2, 0.25) is 11.8 Å². The fourth-order valence-corrected chi connectivity index (χ4v) is 3.28. The van der Waals surface area contributed by atoms with Crippen molar-refractivity contribution in [1.29, 1.82) is 0 Å². The molecule has 0 radical (unpaired) electrons.